The topological polar surface area (TPSA) is 75.6 Å². The van der Waals surface area contributed by atoms with Gasteiger partial charge in [0, 0.05) is 5.92 Å². The first-order valence-corrected chi connectivity index (χ1v) is 7.98. The van der Waals surface area contributed by atoms with Gasteiger partial charge in [0.1, 0.15) is 17.5 Å². The summed E-state index contributed by atoms with van der Waals surface area (Å²) in [7, 11) is 0. The summed E-state index contributed by atoms with van der Waals surface area (Å²) in [6, 6.07) is 2.90. The number of nitrogens with one attached hydrogen (secondary N) is 1. The number of rotatable bonds is 5. The van der Waals surface area contributed by atoms with Crippen molar-refractivity contribution in [3.8, 4) is 0 Å². The second-order valence-electron chi connectivity index (χ2n) is 6.87. The van der Waals surface area contributed by atoms with E-state index in [2.05, 4.69) is 5.32 Å². The van der Waals surface area contributed by atoms with Crippen molar-refractivity contribution < 1.29 is 23.8 Å². The van der Waals surface area contributed by atoms with Crippen LogP contribution in [0.2, 0.25) is 5.02 Å². The van der Waals surface area contributed by atoms with Crippen LogP contribution in [0.25, 0.3) is 0 Å². The van der Waals surface area contributed by atoms with Crippen LogP contribution in [0.4, 0.5) is 9.18 Å². The average Bonchev–Trinajstić information content (AvgIpc) is 2.40. The van der Waals surface area contributed by atoms with E-state index in [1.54, 1.807) is 40.7 Å². The fourth-order valence-electron chi connectivity index (χ4n) is 2.44. The van der Waals surface area contributed by atoms with Gasteiger partial charge in [0.15, 0.2) is 0 Å². The molecule has 134 valence electrons. The van der Waals surface area contributed by atoms with Gasteiger partial charge in [-0.05, 0) is 38.3 Å². The van der Waals surface area contributed by atoms with Crippen molar-refractivity contribution in [1.82, 2.24) is 5.32 Å². The number of halogens is 2. The van der Waals surface area contributed by atoms with Gasteiger partial charge in [-0.3, -0.25) is 0 Å². The summed E-state index contributed by atoms with van der Waals surface area (Å²) in [5.41, 5.74) is -0.438. The van der Waals surface area contributed by atoms with Gasteiger partial charge in [0.2, 0.25) is 0 Å². The predicted molar refractivity (Wildman–Crippen MR) is 89.8 cm³/mol. The minimum atomic E-state index is -1.31. The Hall–Kier alpha value is -1.82. The number of alkyl carbamates (subject to hydrolysis) is 1. The van der Waals surface area contributed by atoms with E-state index in [1.807, 2.05) is 0 Å². The Balaban J connectivity index is 3.20. The lowest BCUT2D eigenvalue weighted by molar-refractivity contribution is -0.140. The Morgan fingerprint density at radius 3 is 2.33 bits per heavy atom. The van der Waals surface area contributed by atoms with Crippen molar-refractivity contribution in [3.63, 3.8) is 0 Å². The molecule has 0 spiro atoms. The van der Waals surface area contributed by atoms with E-state index in [-0.39, 0.29) is 10.9 Å². The zero-order chi connectivity index (χ0) is 18.7. The predicted octanol–water partition coefficient (Wildman–Crippen LogP) is 4.20. The van der Waals surface area contributed by atoms with Crippen molar-refractivity contribution in [2.45, 2.75) is 52.2 Å². The summed E-state index contributed by atoms with van der Waals surface area (Å²) in [5, 5.41) is 11.8. The molecule has 24 heavy (non-hydrogen) atoms. The van der Waals surface area contributed by atoms with Gasteiger partial charge >= 0.3 is 12.1 Å². The molecule has 2 atom stereocenters. The molecule has 1 aromatic rings. The van der Waals surface area contributed by atoms with Crippen LogP contribution in [0.1, 0.15) is 46.1 Å². The van der Waals surface area contributed by atoms with Crippen LogP contribution in [0.3, 0.4) is 0 Å². The Labute approximate surface area is 146 Å². The Bertz CT molecular complexity index is 613. The summed E-state index contributed by atoms with van der Waals surface area (Å²) < 4.78 is 18.9. The van der Waals surface area contributed by atoms with Crippen molar-refractivity contribution in [3.05, 3.63) is 34.6 Å². The maximum Gasteiger partial charge on any atom is 0.408 e. The highest BCUT2D eigenvalue weighted by atomic mass is 35.5. The minimum absolute atomic E-state index is 0.145. The van der Waals surface area contributed by atoms with Gasteiger partial charge in [-0.15, -0.1) is 0 Å². The van der Waals surface area contributed by atoms with Crippen LogP contribution >= 0.6 is 11.6 Å². The third kappa shape index (κ3) is 5.37. The number of ether oxygens (including phenoxy) is 1. The second-order valence-corrected chi connectivity index (χ2v) is 7.25. The molecule has 0 aliphatic carbocycles. The zero-order valence-corrected chi connectivity index (χ0v) is 15.1. The Kier molecular flexibility index (Phi) is 6.60. The largest absolute Gasteiger partial charge is 0.480 e. The monoisotopic (exact) mass is 359 g/mol. The quantitative estimate of drug-likeness (QED) is 0.826. The van der Waals surface area contributed by atoms with Gasteiger partial charge in [0.05, 0.1) is 5.02 Å². The van der Waals surface area contributed by atoms with Gasteiger partial charge in [0.25, 0.3) is 0 Å². The van der Waals surface area contributed by atoms with E-state index in [4.69, 9.17) is 16.3 Å². The lowest BCUT2D eigenvalue weighted by Crippen LogP contribution is -2.48. The van der Waals surface area contributed by atoms with Crippen LogP contribution in [-0.2, 0) is 9.53 Å². The number of hydrogen-bond donors (Lipinski definition) is 2. The molecule has 0 saturated carbocycles. The third-order valence-corrected chi connectivity index (χ3v) is 3.75. The summed E-state index contributed by atoms with van der Waals surface area (Å²) in [6.07, 6.45) is -0.854. The van der Waals surface area contributed by atoms with Crippen LogP contribution in [-0.4, -0.2) is 28.8 Å². The van der Waals surface area contributed by atoms with Crippen LogP contribution in [0.5, 0.6) is 0 Å². The molecular formula is C17H23ClFNO4. The lowest BCUT2D eigenvalue weighted by atomic mass is 9.82. The number of benzene rings is 1. The van der Waals surface area contributed by atoms with E-state index >= 15 is 0 Å². The molecule has 5 nitrogen and oxygen atoms in total. The molecule has 0 heterocycles. The van der Waals surface area contributed by atoms with Crippen LogP contribution in [0.15, 0.2) is 18.2 Å². The van der Waals surface area contributed by atoms with Gasteiger partial charge in [-0.2, -0.15) is 0 Å². The molecule has 7 heteroatoms. The average molecular weight is 360 g/mol. The van der Waals surface area contributed by atoms with E-state index in [0.29, 0.717) is 5.56 Å². The van der Waals surface area contributed by atoms with E-state index in [0.717, 1.165) is 0 Å². The molecule has 0 saturated heterocycles. The molecule has 1 aromatic carbocycles. The number of carboxylic acids is 1. The number of amides is 1. The summed E-state index contributed by atoms with van der Waals surface area (Å²) in [6.45, 7) is 8.57. The first-order valence-electron chi connectivity index (χ1n) is 7.60. The molecule has 0 radical (unpaired) electrons. The first kappa shape index (κ1) is 20.2. The van der Waals surface area contributed by atoms with E-state index < -0.39 is 35.4 Å². The van der Waals surface area contributed by atoms with Gasteiger partial charge in [-0.25, -0.2) is 14.0 Å². The maximum absolute atomic E-state index is 13.8. The zero-order valence-electron chi connectivity index (χ0n) is 14.4. The molecule has 1 amide bonds. The number of carbonyl (C=O) groups excluding carboxylic acids is 1. The number of carbonyl (C=O) groups is 2. The molecular weight excluding hydrogens is 337 g/mol. The van der Waals surface area contributed by atoms with Crippen molar-refractivity contribution in [2.75, 3.05) is 0 Å². The van der Waals surface area contributed by atoms with Crippen molar-refractivity contribution in [2.24, 2.45) is 5.92 Å². The fraction of sp³-hybridized carbons (Fsp3) is 0.529. The lowest BCUT2D eigenvalue weighted by Gasteiger charge is -2.30. The highest BCUT2D eigenvalue weighted by Gasteiger charge is 2.36. The summed E-state index contributed by atoms with van der Waals surface area (Å²) in [4.78, 5) is 23.7. The molecule has 1 rings (SSSR count). The summed E-state index contributed by atoms with van der Waals surface area (Å²) in [5.74, 6) is -2.83. The third-order valence-electron chi connectivity index (χ3n) is 3.36. The fourth-order valence-corrected chi connectivity index (χ4v) is 2.69. The summed E-state index contributed by atoms with van der Waals surface area (Å²) >= 11 is 6.01. The maximum atomic E-state index is 13.8. The second kappa shape index (κ2) is 7.83. The van der Waals surface area contributed by atoms with Crippen molar-refractivity contribution in [1.29, 1.82) is 0 Å². The molecule has 0 aliphatic rings. The normalized spacial score (nSPS) is 14.2. The number of hydrogen-bond acceptors (Lipinski definition) is 3. The molecule has 2 unspecified atom stereocenters. The van der Waals surface area contributed by atoms with Crippen molar-refractivity contribution >= 4 is 23.7 Å². The SMILES string of the molecule is CC(C)C(c1cccc(F)c1Cl)C(NC(=O)OC(C)(C)C)C(=O)O. The first-order chi connectivity index (χ1) is 10.9. The Morgan fingerprint density at radius 2 is 1.88 bits per heavy atom. The molecule has 2 N–H and O–H groups in total. The Morgan fingerprint density at radius 1 is 1.29 bits per heavy atom. The van der Waals surface area contributed by atoms with E-state index in [9.17, 15) is 19.1 Å². The van der Waals surface area contributed by atoms with Crippen LogP contribution < -0.4 is 5.32 Å². The minimum Gasteiger partial charge on any atom is -0.480 e. The number of carboxylic acid groups (broad SMARTS) is 1. The highest BCUT2D eigenvalue weighted by Crippen LogP contribution is 2.34. The smallest absolute Gasteiger partial charge is 0.408 e. The van der Waals surface area contributed by atoms with Gasteiger partial charge in [-0.1, -0.05) is 37.6 Å². The highest BCUT2D eigenvalue weighted by molar-refractivity contribution is 6.31. The molecule has 0 aliphatic heterocycles. The van der Waals surface area contributed by atoms with Gasteiger partial charge < -0.3 is 15.2 Å². The standard InChI is InChI=1S/C17H23ClFNO4/c1-9(2)12(10-7-6-8-11(19)13(10)18)14(15(21)22)20-16(23)24-17(3,4)5/h6-9,12,14H,1-5H3,(H,20,23)(H,21,22). The molecule has 0 fully saturated rings. The number of aliphatic carboxylic acids is 1. The molecule has 0 bridgehead atoms. The molecule has 0 aromatic heterocycles. The van der Waals surface area contributed by atoms with Crippen LogP contribution in [0, 0.1) is 11.7 Å². The van der Waals surface area contributed by atoms with E-state index in [1.165, 1.54) is 12.1 Å².